The Morgan fingerprint density at radius 2 is 1.62 bits per heavy atom. The summed E-state index contributed by atoms with van der Waals surface area (Å²) in [4.78, 5) is 11.6. The van der Waals surface area contributed by atoms with Gasteiger partial charge in [-0.25, -0.2) is 4.79 Å². The minimum atomic E-state index is -0.304. The maximum atomic E-state index is 11.6. The second-order valence-electron chi connectivity index (χ2n) is 6.21. The molecule has 1 amide bonds. The molecular weight excluding hydrogens is 266 g/mol. The van der Waals surface area contributed by atoms with Gasteiger partial charge in [0, 0.05) is 18.6 Å². The summed E-state index contributed by atoms with van der Waals surface area (Å²) in [5.74, 6) is 0.437. The molecule has 0 aliphatic rings. The zero-order chi connectivity index (χ0) is 16.1. The molecule has 0 aromatic heterocycles. The number of hydrogen-bond donors (Lipinski definition) is 3. The molecule has 5 nitrogen and oxygen atoms in total. The van der Waals surface area contributed by atoms with Crippen LogP contribution in [0.4, 0.5) is 4.79 Å². The number of unbranched alkanes of at least 4 members (excludes halogenated alkanes) is 3. The normalized spacial score (nSPS) is 12.7. The third-order valence-electron chi connectivity index (χ3n) is 3.37. The Morgan fingerprint density at radius 3 is 2.14 bits per heavy atom. The molecule has 0 aromatic carbocycles. The summed E-state index contributed by atoms with van der Waals surface area (Å²) in [6.07, 6.45) is 4.24. The minimum Gasteiger partial charge on any atom is -0.448 e. The number of ether oxygens (including phenoxy) is 1. The fourth-order valence-electron chi connectivity index (χ4n) is 2.05. The summed E-state index contributed by atoms with van der Waals surface area (Å²) in [5.41, 5.74) is 0. The van der Waals surface area contributed by atoms with Crippen molar-refractivity contribution < 1.29 is 9.53 Å². The SMILES string of the molecule is CNCCCCCCNC(=O)OC[C@H](NC(C)C)C(C)C. The van der Waals surface area contributed by atoms with Crippen LogP contribution >= 0.6 is 0 Å². The van der Waals surface area contributed by atoms with Crippen molar-refractivity contribution in [3.05, 3.63) is 0 Å². The van der Waals surface area contributed by atoms with Crippen LogP contribution in [0.15, 0.2) is 0 Å². The Bertz CT molecular complexity index is 258. The maximum absolute atomic E-state index is 11.6. The molecule has 0 radical (unpaired) electrons. The Labute approximate surface area is 130 Å². The predicted octanol–water partition coefficient (Wildman–Crippen LogP) is 2.52. The van der Waals surface area contributed by atoms with Crippen LogP contribution in [-0.2, 0) is 4.74 Å². The van der Waals surface area contributed by atoms with E-state index in [-0.39, 0.29) is 12.1 Å². The first-order chi connectivity index (χ1) is 9.97. The molecule has 126 valence electrons. The van der Waals surface area contributed by atoms with Gasteiger partial charge in [0.15, 0.2) is 0 Å². The van der Waals surface area contributed by atoms with Crippen molar-refractivity contribution in [1.29, 1.82) is 0 Å². The average molecular weight is 301 g/mol. The molecule has 5 heteroatoms. The minimum absolute atomic E-state index is 0.206. The standard InChI is InChI=1S/C16H35N3O2/c1-13(2)15(19-14(3)4)12-21-16(20)18-11-9-7-6-8-10-17-5/h13-15,17,19H,6-12H2,1-5H3,(H,18,20)/t15-/m0/s1. The van der Waals surface area contributed by atoms with E-state index < -0.39 is 0 Å². The molecule has 0 saturated heterocycles. The van der Waals surface area contributed by atoms with Crippen LogP contribution in [0.25, 0.3) is 0 Å². The number of nitrogens with one attached hydrogen (secondary N) is 3. The van der Waals surface area contributed by atoms with Crippen LogP contribution in [0.1, 0.15) is 53.4 Å². The van der Waals surface area contributed by atoms with Crippen LogP contribution in [0.3, 0.4) is 0 Å². The highest BCUT2D eigenvalue weighted by Gasteiger charge is 2.16. The molecule has 1 atom stereocenters. The van der Waals surface area contributed by atoms with Crippen LogP contribution in [0.5, 0.6) is 0 Å². The first kappa shape index (κ1) is 20.2. The van der Waals surface area contributed by atoms with Crippen LogP contribution < -0.4 is 16.0 Å². The lowest BCUT2D eigenvalue weighted by Crippen LogP contribution is -2.43. The third-order valence-corrected chi connectivity index (χ3v) is 3.37. The summed E-state index contributed by atoms with van der Waals surface area (Å²) in [6, 6.07) is 0.596. The summed E-state index contributed by atoms with van der Waals surface area (Å²) in [6.45, 7) is 10.6. The first-order valence-corrected chi connectivity index (χ1v) is 8.28. The van der Waals surface area contributed by atoms with Gasteiger partial charge in [-0.15, -0.1) is 0 Å². The zero-order valence-electron chi connectivity index (χ0n) is 14.5. The van der Waals surface area contributed by atoms with E-state index in [1.54, 1.807) is 0 Å². The topological polar surface area (TPSA) is 62.4 Å². The fourth-order valence-corrected chi connectivity index (χ4v) is 2.05. The molecule has 0 rings (SSSR count). The van der Waals surface area contributed by atoms with Crippen molar-refractivity contribution >= 4 is 6.09 Å². The number of hydrogen-bond acceptors (Lipinski definition) is 4. The van der Waals surface area contributed by atoms with Gasteiger partial charge in [0.2, 0.25) is 0 Å². The largest absolute Gasteiger partial charge is 0.448 e. The van der Waals surface area contributed by atoms with Crippen LogP contribution in [0.2, 0.25) is 0 Å². The van der Waals surface area contributed by atoms with Crippen molar-refractivity contribution in [3.8, 4) is 0 Å². The fraction of sp³-hybridized carbons (Fsp3) is 0.938. The number of rotatable bonds is 12. The maximum Gasteiger partial charge on any atom is 0.407 e. The van der Waals surface area contributed by atoms with E-state index in [2.05, 4.69) is 43.6 Å². The van der Waals surface area contributed by atoms with Crippen molar-refractivity contribution in [1.82, 2.24) is 16.0 Å². The van der Waals surface area contributed by atoms with Crippen molar-refractivity contribution in [2.75, 3.05) is 26.7 Å². The molecule has 21 heavy (non-hydrogen) atoms. The van der Waals surface area contributed by atoms with E-state index in [0.29, 0.717) is 25.1 Å². The summed E-state index contributed by atoms with van der Waals surface area (Å²) in [5, 5.41) is 9.37. The average Bonchev–Trinajstić information content (AvgIpc) is 2.41. The number of carbonyl (C=O) groups is 1. The highest BCUT2D eigenvalue weighted by molar-refractivity contribution is 5.67. The van der Waals surface area contributed by atoms with Gasteiger partial charge in [-0.3, -0.25) is 0 Å². The van der Waals surface area contributed by atoms with Gasteiger partial charge in [0.25, 0.3) is 0 Å². The molecule has 0 fully saturated rings. The van der Waals surface area contributed by atoms with Gasteiger partial charge in [0.1, 0.15) is 6.61 Å². The van der Waals surface area contributed by atoms with Gasteiger partial charge in [0.05, 0.1) is 0 Å². The van der Waals surface area contributed by atoms with Crippen molar-refractivity contribution in [3.63, 3.8) is 0 Å². The number of carbonyl (C=O) groups excluding carboxylic acids is 1. The quantitative estimate of drug-likeness (QED) is 0.485. The lowest BCUT2D eigenvalue weighted by atomic mass is 10.0. The molecule has 0 aromatic rings. The van der Waals surface area contributed by atoms with Crippen molar-refractivity contribution in [2.45, 2.75) is 65.5 Å². The van der Waals surface area contributed by atoms with Crippen LogP contribution in [0, 0.1) is 5.92 Å². The third kappa shape index (κ3) is 12.6. The number of amides is 1. The Balaban J connectivity index is 3.64. The molecule has 0 saturated carbocycles. The van der Waals surface area contributed by atoms with Crippen molar-refractivity contribution in [2.24, 2.45) is 5.92 Å². The van der Waals surface area contributed by atoms with E-state index in [4.69, 9.17) is 4.74 Å². The Hall–Kier alpha value is -0.810. The molecular formula is C16H35N3O2. The second-order valence-corrected chi connectivity index (χ2v) is 6.21. The highest BCUT2D eigenvalue weighted by Crippen LogP contribution is 2.04. The predicted molar refractivity (Wildman–Crippen MR) is 88.6 cm³/mol. The van der Waals surface area contributed by atoms with E-state index in [1.807, 2.05) is 7.05 Å². The van der Waals surface area contributed by atoms with Gasteiger partial charge >= 0.3 is 6.09 Å². The molecule has 0 spiro atoms. The second kappa shape index (κ2) is 12.9. The van der Waals surface area contributed by atoms with E-state index in [0.717, 1.165) is 19.4 Å². The highest BCUT2D eigenvalue weighted by atomic mass is 16.5. The molecule has 0 bridgehead atoms. The summed E-state index contributed by atoms with van der Waals surface area (Å²) < 4.78 is 5.29. The monoisotopic (exact) mass is 301 g/mol. The smallest absolute Gasteiger partial charge is 0.407 e. The molecule has 0 heterocycles. The molecule has 0 unspecified atom stereocenters. The molecule has 0 aliphatic carbocycles. The van der Waals surface area contributed by atoms with Gasteiger partial charge in [-0.1, -0.05) is 40.5 Å². The van der Waals surface area contributed by atoms with Gasteiger partial charge < -0.3 is 20.7 Å². The van der Waals surface area contributed by atoms with E-state index in [1.165, 1.54) is 12.8 Å². The lowest BCUT2D eigenvalue weighted by Gasteiger charge is -2.24. The molecule has 0 aliphatic heterocycles. The van der Waals surface area contributed by atoms with Gasteiger partial charge in [-0.05, 0) is 32.4 Å². The van der Waals surface area contributed by atoms with Crippen LogP contribution in [-0.4, -0.2) is 44.9 Å². The number of alkyl carbamates (subject to hydrolysis) is 1. The lowest BCUT2D eigenvalue weighted by molar-refractivity contribution is 0.122. The van der Waals surface area contributed by atoms with E-state index in [9.17, 15) is 4.79 Å². The first-order valence-electron chi connectivity index (χ1n) is 8.28. The summed E-state index contributed by atoms with van der Waals surface area (Å²) >= 11 is 0. The Kier molecular flexibility index (Phi) is 12.4. The van der Waals surface area contributed by atoms with E-state index >= 15 is 0 Å². The zero-order valence-corrected chi connectivity index (χ0v) is 14.5. The summed E-state index contributed by atoms with van der Waals surface area (Å²) in [7, 11) is 1.97. The van der Waals surface area contributed by atoms with Gasteiger partial charge in [-0.2, -0.15) is 0 Å². The Morgan fingerprint density at radius 1 is 1.00 bits per heavy atom. The molecule has 3 N–H and O–H groups in total.